The summed E-state index contributed by atoms with van der Waals surface area (Å²) < 4.78 is 7.04. The zero-order chi connectivity index (χ0) is 27.2. The number of likely N-dealkylation sites (tertiary alicyclic amines) is 1. The summed E-state index contributed by atoms with van der Waals surface area (Å²) in [7, 11) is 0. The third kappa shape index (κ3) is 6.47. The number of amidine groups is 1. The molecule has 3 aromatic rings. The van der Waals surface area contributed by atoms with Crippen LogP contribution in [-0.4, -0.2) is 57.2 Å². The Morgan fingerprint density at radius 3 is 2.54 bits per heavy atom. The van der Waals surface area contributed by atoms with Crippen LogP contribution >= 0.6 is 23.5 Å². The number of amides is 1. The third-order valence-electron chi connectivity index (χ3n) is 6.65. The van der Waals surface area contributed by atoms with Gasteiger partial charge in [0, 0.05) is 35.3 Å². The quantitative estimate of drug-likeness (QED) is 0.182. The summed E-state index contributed by atoms with van der Waals surface area (Å²) in [6.45, 7) is 5.76. The van der Waals surface area contributed by atoms with Crippen LogP contribution in [-0.2, 0) is 14.3 Å². The van der Waals surface area contributed by atoms with E-state index < -0.39 is 0 Å². The van der Waals surface area contributed by atoms with Gasteiger partial charge >= 0.3 is 5.97 Å². The van der Waals surface area contributed by atoms with Gasteiger partial charge in [-0.3, -0.25) is 9.59 Å². The Balaban J connectivity index is 1.37. The monoisotopic (exact) mass is 560 g/mol. The van der Waals surface area contributed by atoms with Crippen LogP contribution in [0.1, 0.15) is 38.7 Å². The number of esters is 1. The highest BCUT2D eigenvalue weighted by Crippen LogP contribution is 2.35. The molecule has 0 unspecified atom stereocenters. The number of aliphatic imine (C=N–C) groups is 1. The molecule has 1 aromatic heterocycles. The van der Waals surface area contributed by atoms with E-state index in [0.717, 1.165) is 34.7 Å². The first kappa shape index (κ1) is 27.3. The Bertz CT molecular complexity index is 1370. The van der Waals surface area contributed by atoms with Crippen LogP contribution in [0.3, 0.4) is 0 Å². The van der Waals surface area contributed by atoms with Crippen molar-refractivity contribution in [2.75, 3.05) is 25.4 Å². The fourth-order valence-corrected chi connectivity index (χ4v) is 6.32. The molecule has 202 valence electrons. The fourth-order valence-electron chi connectivity index (χ4n) is 4.60. The van der Waals surface area contributed by atoms with E-state index in [-0.39, 0.29) is 17.8 Å². The van der Waals surface area contributed by atoms with Gasteiger partial charge in [0.15, 0.2) is 5.17 Å². The van der Waals surface area contributed by atoms with E-state index in [0.29, 0.717) is 42.6 Å². The topological polar surface area (TPSA) is 76.8 Å². The second-order valence-electron chi connectivity index (χ2n) is 9.41. The van der Waals surface area contributed by atoms with Crippen molar-refractivity contribution in [2.45, 2.75) is 38.0 Å². The SMILES string of the molecule is CCCSc1ccc(-c2nn(-c3ccccc3)cc2/C=C2\SC(N3CCC(C(=O)OCC)CC3)=NC2=O)cc1. The molecule has 5 rings (SSSR count). The first-order valence-corrected chi connectivity index (χ1v) is 15.2. The number of rotatable bonds is 8. The van der Waals surface area contributed by atoms with Crippen molar-refractivity contribution in [1.82, 2.24) is 14.7 Å². The maximum absolute atomic E-state index is 13.0. The van der Waals surface area contributed by atoms with Gasteiger partial charge in [0.2, 0.25) is 0 Å². The lowest BCUT2D eigenvalue weighted by Gasteiger charge is -2.31. The first-order valence-electron chi connectivity index (χ1n) is 13.4. The lowest BCUT2D eigenvalue weighted by molar-refractivity contribution is -0.149. The Kier molecular flexibility index (Phi) is 8.88. The Morgan fingerprint density at radius 2 is 1.85 bits per heavy atom. The van der Waals surface area contributed by atoms with Crippen LogP contribution in [0.2, 0.25) is 0 Å². The molecule has 0 radical (unpaired) electrons. The van der Waals surface area contributed by atoms with Crippen LogP contribution in [0.15, 0.2) is 75.6 Å². The molecule has 0 aliphatic carbocycles. The molecule has 0 N–H and O–H groups in total. The number of thioether (sulfide) groups is 2. The number of hydrogen-bond acceptors (Lipinski definition) is 7. The second-order valence-corrected chi connectivity index (χ2v) is 11.6. The largest absolute Gasteiger partial charge is 0.466 e. The molecule has 2 aliphatic heterocycles. The summed E-state index contributed by atoms with van der Waals surface area (Å²) >= 11 is 3.24. The van der Waals surface area contributed by atoms with Crippen molar-refractivity contribution < 1.29 is 14.3 Å². The summed E-state index contributed by atoms with van der Waals surface area (Å²) in [4.78, 5) is 33.3. The molecule has 0 bridgehead atoms. The number of hydrogen-bond donors (Lipinski definition) is 0. The molecule has 1 fully saturated rings. The summed E-state index contributed by atoms with van der Waals surface area (Å²) in [5.41, 5.74) is 3.62. The summed E-state index contributed by atoms with van der Waals surface area (Å²) in [5.74, 6) is 0.626. The molecule has 0 saturated carbocycles. The highest BCUT2D eigenvalue weighted by atomic mass is 32.2. The number of aromatic nitrogens is 2. The molecule has 0 atom stereocenters. The van der Waals surface area contributed by atoms with E-state index in [9.17, 15) is 9.59 Å². The van der Waals surface area contributed by atoms with Crippen LogP contribution in [0, 0.1) is 5.92 Å². The number of carbonyl (C=O) groups excluding carboxylic acids is 2. The van der Waals surface area contributed by atoms with Gasteiger partial charge in [-0.15, -0.1) is 11.8 Å². The van der Waals surface area contributed by atoms with Crippen LogP contribution in [0.25, 0.3) is 23.0 Å². The minimum Gasteiger partial charge on any atom is -0.466 e. The number of piperidine rings is 1. The molecule has 1 amide bonds. The molecule has 2 aromatic carbocycles. The average molecular weight is 561 g/mol. The van der Waals surface area contributed by atoms with E-state index in [1.807, 2.05) is 66.0 Å². The van der Waals surface area contributed by atoms with Gasteiger partial charge in [0.1, 0.15) is 0 Å². The zero-order valence-electron chi connectivity index (χ0n) is 22.2. The molecule has 7 nitrogen and oxygen atoms in total. The van der Waals surface area contributed by atoms with Gasteiger partial charge in [0.05, 0.1) is 28.8 Å². The molecule has 0 spiro atoms. The lowest BCUT2D eigenvalue weighted by Crippen LogP contribution is -2.39. The average Bonchev–Trinajstić information content (AvgIpc) is 3.56. The highest BCUT2D eigenvalue weighted by molar-refractivity contribution is 8.18. The molecular formula is C30H32N4O3S2. The van der Waals surface area contributed by atoms with E-state index in [1.54, 1.807) is 0 Å². The van der Waals surface area contributed by atoms with Crippen LogP contribution in [0.5, 0.6) is 0 Å². The van der Waals surface area contributed by atoms with Gasteiger partial charge in [0.25, 0.3) is 5.91 Å². The predicted octanol–water partition coefficient (Wildman–Crippen LogP) is 6.29. The van der Waals surface area contributed by atoms with Crippen molar-refractivity contribution in [3.63, 3.8) is 0 Å². The summed E-state index contributed by atoms with van der Waals surface area (Å²) in [6, 6.07) is 18.4. The minimum atomic E-state index is -0.243. The highest BCUT2D eigenvalue weighted by Gasteiger charge is 2.32. The van der Waals surface area contributed by atoms with Crippen molar-refractivity contribution >= 4 is 46.6 Å². The van der Waals surface area contributed by atoms with E-state index in [1.165, 1.54) is 16.7 Å². The van der Waals surface area contributed by atoms with Gasteiger partial charge in [-0.25, -0.2) is 4.68 Å². The minimum absolute atomic E-state index is 0.0861. The van der Waals surface area contributed by atoms with Crippen LogP contribution < -0.4 is 0 Å². The number of para-hydroxylation sites is 1. The fraction of sp³-hybridized carbons (Fsp3) is 0.333. The Morgan fingerprint density at radius 1 is 1.10 bits per heavy atom. The van der Waals surface area contributed by atoms with Crippen molar-refractivity contribution in [3.8, 4) is 16.9 Å². The van der Waals surface area contributed by atoms with Crippen molar-refractivity contribution in [3.05, 3.63) is 71.3 Å². The van der Waals surface area contributed by atoms with E-state index in [2.05, 4.69) is 41.1 Å². The molecule has 9 heteroatoms. The first-order chi connectivity index (χ1) is 19.1. The standard InChI is InChI=1S/C30H32N4O3S2/c1-3-18-38-25-12-10-21(11-13-25)27-23(20-34(32-27)24-8-6-5-7-9-24)19-26-28(35)31-30(39-26)33-16-14-22(15-17-33)29(36)37-4-2/h5-13,19-20,22H,3-4,14-18H2,1-2H3/b26-19-. The molecular weight excluding hydrogens is 528 g/mol. The van der Waals surface area contributed by atoms with Crippen molar-refractivity contribution in [1.29, 1.82) is 0 Å². The number of nitrogens with zero attached hydrogens (tertiary/aromatic N) is 4. The number of benzene rings is 2. The summed E-state index contributed by atoms with van der Waals surface area (Å²) in [6.07, 6.45) is 6.40. The number of ether oxygens (including phenoxy) is 1. The van der Waals surface area contributed by atoms with E-state index >= 15 is 0 Å². The van der Waals surface area contributed by atoms with Crippen LogP contribution in [0.4, 0.5) is 0 Å². The predicted molar refractivity (Wildman–Crippen MR) is 159 cm³/mol. The third-order valence-corrected chi connectivity index (χ3v) is 8.91. The smallest absolute Gasteiger partial charge is 0.309 e. The van der Waals surface area contributed by atoms with Crippen molar-refractivity contribution in [2.24, 2.45) is 10.9 Å². The van der Waals surface area contributed by atoms with Gasteiger partial charge in [-0.2, -0.15) is 10.1 Å². The molecule has 2 aliphatic rings. The van der Waals surface area contributed by atoms with Gasteiger partial charge in [-0.1, -0.05) is 37.3 Å². The molecule has 1 saturated heterocycles. The normalized spacial score (nSPS) is 17.1. The molecule has 3 heterocycles. The Labute approximate surface area is 237 Å². The van der Waals surface area contributed by atoms with Gasteiger partial charge in [-0.05, 0) is 74.0 Å². The van der Waals surface area contributed by atoms with Gasteiger partial charge < -0.3 is 9.64 Å². The second kappa shape index (κ2) is 12.7. The maximum atomic E-state index is 13.0. The lowest BCUT2D eigenvalue weighted by atomic mass is 9.97. The molecule has 39 heavy (non-hydrogen) atoms. The maximum Gasteiger partial charge on any atom is 0.309 e. The van der Waals surface area contributed by atoms with E-state index in [4.69, 9.17) is 9.84 Å². The Hall–Kier alpha value is -3.30. The zero-order valence-corrected chi connectivity index (χ0v) is 23.8. The summed E-state index contributed by atoms with van der Waals surface area (Å²) in [5, 5.41) is 5.61. The number of carbonyl (C=O) groups is 2.